The van der Waals surface area contributed by atoms with Crippen LogP contribution in [0, 0.1) is 0 Å². The summed E-state index contributed by atoms with van der Waals surface area (Å²) in [6, 6.07) is 16.2. The van der Waals surface area contributed by atoms with Crippen molar-refractivity contribution in [1.82, 2.24) is 9.97 Å². The van der Waals surface area contributed by atoms with Crippen LogP contribution in [0.1, 0.15) is 26.7 Å². The number of benzene rings is 2. The molecule has 0 aliphatic rings. The Kier molecular flexibility index (Phi) is 5.49. The molecule has 1 heterocycles. The lowest BCUT2D eigenvalue weighted by Gasteiger charge is -2.24. The third-order valence-electron chi connectivity index (χ3n) is 4.22. The van der Waals surface area contributed by atoms with Gasteiger partial charge in [0.1, 0.15) is 11.6 Å². The fourth-order valence-electron chi connectivity index (χ4n) is 3.03. The minimum absolute atomic E-state index is 0.758. The van der Waals surface area contributed by atoms with Crippen molar-refractivity contribution in [3.05, 3.63) is 48.5 Å². The third kappa shape index (κ3) is 3.73. The molecule has 0 fully saturated rings. The Hall–Kier alpha value is -2.62. The Morgan fingerprint density at radius 2 is 1.56 bits per heavy atom. The Bertz CT molecular complexity index is 824. The van der Waals surface area contributed by atoms with Crippen LogP contribution in [0.15, 0.2) is 48.5 Å². The molecule has 0 spiro atoms. The average molecular weight is 335 g/mol. The number of nitrogens with zero attached hydrogens (tertiary/aromatic N) is 3. The largest absolute Gasteiger partial charge is 0.497 e. The SMILES string of the molecule is CCCN(CCC)c1nc(-c2ccc(OC)cc2)nc2ccccc12. The van der Waals surface area contributed by atoms with Gasteiger partial charge in [-0.25, -0.2) is 9.97 Å². The summed E-state index contributed by atoms with van der Waals surface area (Å²) in [6.07, 6.45) is 2.19. The Balaban J connectivity index is 2.13. The highest BCUT2D eigenvalue weighted by Crippen LogP contribution is 2.28. The van der Waals surface area contributed by atoms with E-state index in [1.165, 1.54) is 0 Å². The van der Waals surface area contributed by atoms with Crippen LogP contribution in [0.3, 0.4) is 0 Å². The Morgan fingerprint density at radius 1 is 0.880 bits per heavy atom. The van der Waals surface area contributed by atoms with Crippen molar-refractivity contribution in [2.24, 2.45) is 0 Å². The van der Waals surface area contributed by atoms with Gasteiger partial charge in [0, 0.05) is 24.0 Å². The molecule has 0 aliphatic heterocycles. The van der Waals surface area contributed by atoms with Crippen LogP contribution in [-0.2, 0) is 0 Å². The molecule has 3 rings (SSSR count). The first-order valence-corrected chi connectivity index (χ1v) is 8.93. The molecule has 1 aromatic heterocycles. The second kappa shape index (κ2) is 7.97. The maximum Gasteiger partial charge on any atom is 0.162 e. The molecule has 0 aliphatic carbocycles. The summed E-state index contributed by atoms with van der Waals surface area (Å²) in [4.78, 5) is 12.1. The molecule has 4 nitrogen and oxygen atoms in total. The van der Waals surface area contributed by atoms with Crippen molar-refractivity contribution in [3.63, 3.8) is 0 Å². The fourth-order valence-corrected chi connectivity index (χ4v) is 3.03. The third-order valence-corrected chi connectivity index (χ3v) is 4.22. The van der Waals surface area contributed by atoms with Crippen molar-refractivity contribution in [2.45, 2.75) is 26.7 Å². The second-order valence-electron chi connectivity index (χ2n) is 6.10. The van der Waals surface area contributed by atoms with Gasteiger partial charge in [0.2, 0.25) is 0 Å². The number of hydrogen-bond acceptors (Lipinski definition) is 4. The van der Waals surface area contributed by atoms with E-state index in [0.29, 0.717) is 0 Å². The van der Waals surface area contributed by atoms with Gasteiger partial charge in [0.05, 0.1) is 12.6 Å². The Morgan fingerprint density at radius 3 is 2.20 bits per heavy atom. The lowest BCUT2D eigenvalue weighted by atomic mass is 10.1. The van der Waals surface area contributed by atoms with Crippen molar-refractivity contribution < 1.29 is 4.74 Å². The van der Waals surface area contributed by atoms with Gasteiger partial charge in [-0.2, -0.15) is 0 Å². The number of rotatable bonds is 7. The molecule has 4 heteroatoms. The molecule has 0 saturated heterocycles. The van der Waals surface area contributed by atoms with E-state index in [2.05, 4.69) is 36.9 Å². The lowest BCUT2D eigenvalue weighted by Crippen LogP contribution is -2.26. The standard InChI is InChI=1S/C21H25N3O/c1-4-14-24(15-5-2)21-18-8-6-7-9-19(18)22-20(23-21)16-10-12-17(25-3)13-11-16/h6-13H,4-5,14-15H2,1-3H3. The van der Waals surface area contributed by atoms with Crippen molar-refractivity contribution >= 4 is 16.7 Å². The van der Waals surface area contributed by atoms with Crippen LogP contribution in [0.25, 0.3) is 22.3 Å². The highest BCUT2D eigenvalue weighted by atomic mass is 16.5. The maximum atomic E-state index is 5.25. The van der Waals surface area contributed by atoms with Crippen molar-refractivity contribution in [3.8, 4) is 17.1 Å². The van der Waals surface area contributed by atoms with E-state index in [1.54, 1.807) is 7.11 Å². The molecule has 3 aromatic rings. The summed E-state index contributed by atoms with van der Waals surface area (Å²) in [5.74, 6) is 2.62. The van der Waals surface area contributed by atoms with Crippen LogP contribution < -0.4 is 9.64 Å². The average Bonchev–Trinajstić information content (AvgIpc) is 2.67. The van der Waals surface area contributed by atoms with Crippen LogP contribution in [0.2, 0.25) is 0 Å². The van der Waals surface area contributed by atoms with Gasteiger partial charge in [0.25, 0.3) is 0 Å². The Labute approximate surface area is 149 Å². The number of aromatic nitrogens is 2. The van der Waals surface area contributed by atoms with Crippen molar-refractivity contribution in [1.29, 1.82) is 0 Å². The first-order valence-electron chi connectivity index (χ1n) is 8.93. The van der Waals surface area contributed by atoms with Gasteiger partial charge in [0.15, 0.2) is 5.82 Å². The molecule has 0 radical (unpaired) electrons. The topological polar surface area (TPSA) is 38.2 Å². The molecular formula is C21H25N3O. The minimum atomic E-state index is 0.758. The summed E-state index contributed by atoms with van der Waals surface area (Å²) in [5.41, 5.74) is 1.98. The molecule has 0 N–H and O–H groups in total. The van der Waals surface area contributed by atoms with Gasteiger partial charge in [-0.1, -0.05) is 26.0 Å². The number of methoxy groups -OCH3 is 1. The number of fused-ring (bicyclic) bond motifs is 1. The number of ether oxygens (including phenoxy) is 1. The normalized spacial score (nSPS) is 10.8. The molecule has 2 aromatic carbocycles. The van der Waals surface area contributed by atoms with E-state index in [1.807, 2.05) is 30.3 Å². The number of hydrogen-bond donors (Lipinski definition) is 0. The van der Waals surface area contributed by atoms with Gasteiger partial charge >= 0.3 is 0 Å². The van der Waals surface area contributed by atoms with Crippen LogP contribution in [0.5, 0.6) is 5.75 Å². The summed E-state index contributed by atoms with van der Waals surface area (Å²) < 4.78 is 5.25. The molecular weight excluding hydrogens is 310 g/mol. The zero-order chi connectivity index (χ0) is 17.6. The zero-order valence-corrected chi connectivity index (χ0v) is 15.2. The highest BCUT2D eigenvalue weighted by molar-refractivity contribution is 5.91. The monoisotopic (exact) mass is 335 g/mol. The molecule has 0 amide bonds. The molecule has 25 heavy (non-hydrogen) atoms. The van der Waals surface area contributed by atoms with E-state index < -0.39 is 0 Å². The predicted molar refractivity (Wildman–Crippen MR) is 104 cm³/mol. The maximum absolute atomic E-state index is 5.25. The zero-order valence-electron chi connectivity index (χ0n) is 15.2. The number of anilines is 1. The van der Waals surface area contributed by atoms with Gasteiger partial charge in [-0.15, -0.1) is 0 Å². The predicted octanol–water partition coefficient (Wildman–Crippen LogP) is 4.93. The van der Waals surface area contributed by atoms with Crippen molar-refractivity contribution in [2.75, 3.05) is 25.1 Å². The van der Waals surface area contributed by atoms with Crippen LogP contribution >= 0.6 is 0 Å². The van der Waals surface area contributed by atoms with Gasteiger partial charge in [-0.05, 0) is 49.2 Å². The van der Waals surface area contributed by atoms with Gasteiger partial charge < -0.3 is 9.64 Å². The quantitative estimate of drug-likeness (QED) is 0.613. The van der Waals surface area contributed by atoms with E-state index in [9.17, 15) is 0 Å². The number of para-hydroxylation sites is 1. The van der Waals surface area contributed by atoms with E-state index in [-0.39, 0.29) is 0 Å². The smallest absolute Gasteiger partial charge is 0.162 e. The molecule has 0 unspecified atom stereocenters. The summed E-state index contributed by atoms with van der Waals surface area (Å²) >= 11 is 0. The van der Waals surface area contributed by atoms with Gasteiger partial charge in [-0.3, -0.25) is 0 Å². The van der Waals surface area contributed by atoms with E-state index in [4.69, 9.17) is 14.7 Å². The highest BCUT2D eigenvalue weighted by Gasteiger charge is 2.14. The molecule has 0 bridgehead atoms. The van der Waals surface area contributed by atoms with Crippen LogP contribution in [-0.4, -0.2) is 30.2 Å². The molecule has 130 valence electrons. The molecule has 0 atom stereocenters. The second-order valence-corrected chi connectivity index (χ2v) is 6.10. The first-order chi connectivity index (χ1) is 12.3. The van der Waals surface area contributed by atoms with Crippen LogP contribution in [0.4, 0.5) is 5.82 Å². The van der Waals surface area contributed by atoms with E-state index >= 15 is 0 Å². The summed E-state index contributed by atoms with van der Waals surface area (Å²) in [7, 11) is 1.67. The molecule has 0 saturated carbocycles. The first kappa shape index (κ1) is 17.2. The fraction of sp³-hybridized carbons (Fsp3) is 0.333. The lowest BCUT2D eigenvalue weighted by molar-refractivity contribution is 0.415. The minimum Gasteiger partial charge on any atom is -0.497 e. The summed E-state index contributed by atoms with van der Waals surface area (Å²) in [6.45, 7) is 6.40. The summed E-state index contributed by atoms with van der Waals surface area (Å²) in [5, 5.41) is 1.11. The van der Waals surface area contributed by atoms with E-state index in [0.717, 1.165) is 59.8 Å².